The smallest absolute Gasteiger partial charge is 0.408 e. The van der Waals surface area contributed by atoms with E-state index in [1.54, 1.807) is 39.8 Å². The molecule has 1 rings (SSSR count). The highest BCUT2D eigenvalue weighted by Crippen LogP contribution is 2.20. The summed E-state index contributed by atoms with van der Waals surface area (Å²) in [5.41, 5.74) is -0.665. The second kappa shape index (κ2) is 9.58. The minimum Gasteiger partial charge on any atom is -0.487 e. The number of nitrogens with one attached hydrogen (secondary N) is 1. The van der Waals surface area contributed by atoms with Crippen LogP contribution in [0.25, 0.3) is 0 Å². The van der Waals surface area contributed by atoms with Crippen LogP contribution >= 0.6 is 0 Å². The van der Waals surface area contributed by atoms with Crippen LogP contribution in [0, 0.1) is 11.7 Å². The summed E-state index contributed by atoms with van der Waals surface area (Å²) in [6.07, 6.45) is -1.79. The molecule has 27 heavy (non-hydrogen) atoms. The molecule has 1 aromatic carbocycles. The number of carbonyl (C=O) groups excluding carboxylic acids is 2. The van der Waals surface area contributed by atoms with E-state index in [2.05, 4.69) is 5.32 Å². The minimum atomic E-state index is -0.887. The quantitative estimate of drug-likeness (QED) is 0.719. The summed E-state index contributed by atoms with van der Waals surface area (Å²) in [6, 6.07) is 4.87. The van der Waals surface area contributed by atoms with E-state index in [1.165, 1.54) is 19.1 Å². The SMILES string of the molecule is CC(C)C(OC(=O)[C@H](C)NC(=O)OC(C)(C)C)[C@H](C)Oc1cccc(F)c1. The van der Waals surface area contributed by atoms with Crippen molar-refractivity contribution in [3.8, 4) is 5.75 Å². The fourth-order valence-electron chi connectivity index (χ4n) is 2.38. The standard InChI is InChI=1S/C20H30FNO5/c1-12(2)17(14(4)25-16-10-8-9-15(21)11-16)26-18(23)13(3)22-19(24)27-20(5,6)7/h8-14,17H,1-7H3,(H,22,24)/t13-,14-,17?/m0/s1. The fourth-order valence-corrected chi connectivity index (χ4v) is 2.38. The van der Waals surface area contributed by atoms with Crippen LogP contribution in [0.1, 0.15) is 48.5 Å². The maximum absolute atomic E-state index is 13.3. The Balaban J connectivity index is 2.69. The monoisotopic (exact) mass is 383 g/mol. The van der Waals surface area contributed by atoms with Gasteiger partial charge in [-0.1, -0.05) is 19.9 Å². The molecule has 0 aromatic heterocycles. The predicted octanol–water partition coefficient (Wildman–Crippen LogP) is 4.07. The van der Waals surface area contributed by atoms with Crippen molar-refractivity contribution in [2.24, 2.45) is 5.92 Å². The van der Waals surface area contributed by atoms with Gasteiger partial charge in [0.2, 0.25) is 0 Å². The maximum atomic E-state index is 13.3. The molecule has 1 N–H and O–H groups in total. The zero-order valence-corrected chi connectivity index (χ0v) is 17.0. The number of hydrogen-bond acceptors (Lipinski definition) is 5. The first-order valence-corrected chi connectivity index (χ1v) is 9.01. The molecule has 0 saturated heterocycles. The Morgan fingerprint density at radius 3 is 2.26 bits per heavy atom. The van der Waals surface area contributed by atoms with Crippen LogP contribution in [-0.2, 0) is 14.3 Å². The Hall–Kier alpha value is -2.31. The van der Waals surface area contributed by atoms with Crippen LogP contribution in [-0.4, -0.2) is 35.9 Å². The first-order valence-electron chi connectivity index (χ1n) is 9.01. The van der Waals surface area contributed by atoms with Crippen molar-refractivity contribution in [3.05, 3.63) is 30.1 Å². The summed E-state index contributed by atoms with van der Waals surface area (Å²) in [6.45, 7) is 12.2. The zero-order chi connectivity index (χ0) is 20.8. The molecule has 0 bridgehead atoms. The van der Waals surface area contributed by atoms with E-state index in [1.807, 2.05) is 13.8 Å². The van der Waals surface area contributed by atoms with Gasteiger partial charge in [-0.05, 0) is 52.7 Å². The second-order valence-corrected chi connectivity index (χ2v) is 7.79. The lowest BCUT2D eigenvalue weighted by Gasteiger charge is -2.29. The molecule has 0 spiro atoms. The van der Waals surface area contributed by atoms with Crippen molar-refractivity contribution < 1.29 is 28.2 Å². The summed E-state index contributed by atoms with van der Waals surface area (Å²) >= 11 is 0. The second-order valence-electron chi connectivity index (χ2n) is 7.79. The number of rotatable bonds is 7. The lowest BCUT2D eigenvalue weighted by Crippen LogP contribution is -2.46. The highest BCUT2D eigenvalue weighted by molar-refractivity contribution is 5.81. The molecule has 152 valence electrons. The number of halogens is 1. The molecule has 7 heteroatoms. The van der Waals surface area contributed by atoms with Crippen LogP contribution in [0.5, 0.6) is 5.75 Å². The number of ether oxygens (including phenoxy) is 3. The number of benzene rings is 1. The van der Waals surface area contributed by atoms with Crippen molar-refractivity contribution in [2.45, 2.75) is 72.3 Å². The maximum Gasteiger partial charge on any atom is 0.408 e. The van der Waals surface area contributed by atoms with E-state index >= 15 is 0 Å². The third-order valence-corrected chi connectivity index (χ3v) is 3.58. The van der Waals surface area contributed by atoms with Gasteiger partial charge in [0.1, 0.15) is 35.4 Å². The van der Waals surface area contributed by atoms with Crippen LogP contribution < -0.4 is 10.1 Å². The molecule has 3 atom stereocenters. The van der Waals surface area contributed by atoms with Gasteiger partial charge in [-0.15, -0.1) is 0 Å². The van der Waals surface area contributed by atoms with Crippen molar-refractivity contribution in [3.63, 3.8) is 0 Å². The molecule has 0 aliphatic rings. The summed E-state index contributed by atoms with van der Waals surface area (Å²) in [4.78, 5) is 24.2. The lowest BCUT2D eigenvalue weighted by molar-refractivity contribution is -0.158. The third-order valence-electron chi connectivity index (χ3n) is 3.58. The number of carbonyl (C=O) groups is 2. The average molecular weight is 383 g/mol. The van der Waals surface area contributed by atoms with E-state index in [9.17, 15) is 14.0 Å². The van der Waals surface area contributed by atoms with Crippen LogP contribution in [0.4, 0.5) is 9.18 Å². The first-order chi connectivity index (χ1) is 12.4. The van der Waals surface area contributed by atoms with Gasteiger partial charge in [0.15, 0.2) is 0 Å². The summed E-state index contributed by atoms with van der Waals surface area (Å²) < 4.78 is 29.7. The topological polar surface area (TPSA) is 73.9 Å². The molecule has 0 aliphatic carbocycles. The molecule has 1 unspecified atom stereocenters. The van der Waals surface area contributed by atoms with Gasteiger partial charge in [0, 0.05) is 6.07 Å². The van der Waals surface area contributed by atoms with Gasteiger partial charge >= 0.3 is 12.1 Å². The van der Waals surface area contributed by atoms with Crippen molar-refractivity contribution in [1.82, 2.24) is 5.32 Å². The van der Waals surface area contributed by atoms with E-state index in [4.69, 9.17) is 14.2 Å². The van der Waals surface area contributed by atoms with Gasteiger partial charge in [-0.2, -0.15) is 0 Å². The Morgan fingerprint density at radius 2 is 1.74 bits per heavy atom. The molecule has 6 nitrogen and oxygen atoms in total. The van der Waals surface area contributed by atoms with Gasteiger partial charge in [0.05, 0.1) is 0 Å². The van der Waals surface area contributed by atoms with E-state index in [0.29, 0.717) is 5.75 Å². The fraction of sp³-hybridized carbons (Fsp3) is 0.600. The van der Waals surface area contributed by atoms with Crippen LogP contribution in [0.2, 0.25) is 0 Å². The molecule has 0 heterocycles. The molecule has 0 radical (unpaired) electrons. The van der Waals surface area contributed by atoms with E-state index in [-0.39, 0.29) is 5.92 Å². The largest absolute Gasteiger partial charge is 0.487 e. The van der Waals surface area contributed by atoms with Crippen molar-refractivity contribution in [1.29, 1.82) is 0 Å². The molecule has 0 aliphatic heterocycles. The molecule has 0 saturated carbocycles. The Bertz CT molecular complexity index is 642. The highest BCUT2D eigenvalue weighted by atomic mass is 19.1. The number of hydrogen-bond donors (Lipinski definition) is 1. The molecular formula is C20H30FNO5. The van der Waals surface area contributed by atoms with Crippen LogP contribution in [0.15, 0.2) is 24.3 Å². The lowest BCUT2D eigenvalue weighted by atomic mass is 10.0. The number of alkyl carbamates (subject to hydrolysis) is 1. The average Bonchev–Trinajstić information content (AvgIpc) is 2.49. The first kappa shape index (κ1) is 22.7. The van der Waals surface area contributed by atoms with E-state index in [0.717, 1.165) is 0 Å². The summed E-state index contributed by atoms with van der Waals surface area (Å²) in [5.74, 6) is -0.711. The Morgan fingerprint density at radius 1 is 1.11 bits per heavy atom. The molecule has 1 amide bonds. The summed E-state index contributed by atoms with van der Waals surface area (Å²) in [7, 11) is 0. The van der Waals surface area contributed by atoms with Crippen molar-refractivity contribution in [2.75, 3.05) is 0 Å². The Kier molecular flexibility index (Phi) is 8.06. The minimum absolute atomic E-state index is 0.0498. The molecule has 1 aromatic rings. The van der Waals surface area contributed by atoms with Gasteiger partial charge in [-0.3, -0.25) is 0 Å². The Labute approximate surface area is 160 Å². The van der Waals surface area contributed by atoms with Gasteiger partial charge < -0.3 is 19.5 Å². The van der Waals surface area contributed by atoms with Gasteiger partial charge in [-0.25, -0.2) is 14.0 Å². The van der Waals surface area contributed by atoms with E-state index < -0.39 is 41.7 Å². The van der Waals surface area contributed by atoms with Gasteiger partial charge in [0.25, 0.3) is 0 Å². The normalized spacial score (nSPS) is 14.9. The number of amides is 1. The summed E-state index contributed by atoms with van der Waals surface area (Å²) in [5, 5.41) is 2.45. The zero-order valence-electron chi connectivity index (χ0n) is 17.0. The highest BCUT2D eigenvalue weighted by Gasteiger charge is 2.30. The number of esters is 1. The molecular weight excluding hydrogens is 353 g/mol. The molecule has 0 fully saturated rings. The van der Waals surface area contributed by atoms with Crippen LogP contribution in [0.3, 0.4) is 0 Å². The predicted molar refractivity (Wildman–Crippen MR) is 100 cm³/mol. The third kappa shape index (κ3) is 8.28. The van der Waals surface area contributed by atoms with Crippen molar-refractivity contribution >= 4 is 12.1 Å².